The Morgan fingerprint density at radius 3 is 2.75 bits per heavy atom. The van der Waals surface area contributed by atoms with Crippen LogP contribution in [-0.2, 0) is 18.4 Å². The Labute approximate surface area is 137 Å². The SMILES string of the molecule is Cn1nccc1/C=C\c1nc2ccccc2c(=O)n1CCC(=O)O. The Morgan fingerprint density at radius 1 is 1.25 bits per heavy atom. The van der Waals surface area contributed by atoms with Crippen molar-refractivity contribution in [3.8, 4) is 0 Å². The molecule has 7 heteroatoms. The fraction of sp³-hybridized carbons (Fsp3) is 0.176. The van der Waals surface area contributed by atoms with Gasteiger partial charge in [-0.05, 0) is 30.4 Å². The van der Waals surface area contributed by atoms with Crippen molar-refractivity contribution in [2.45, 2.75) is 13.0 Å². The van der Waals surface area contributed by atoms with Gasteiger partial charge in [0.1, 0.15) is 5.82 Å². The van der Waals surface area contributed by atoms with Crippen LogP contribution in [0.5, 0.6) is 0 Å². The van der Waals surface area contributed by atoms with E-state index in [1.54, 1.807) is 41.2 Å². The van der Waals surface area contributed by atoms with E-state index in [1.165, 1.54) is 4.57 Å². The third kappa shape index (κ3) is 3.10. The van der Waals surface area contributed by atoms with Crippen molar-refractivity contribution in [2.24, 2.45) is 7.05 Å². The van der Waals surface area contributed by atoms with Crippen LogP contribution in [0.4, 0.5) is 0 Å². The van der Waals surface area contributed by atoms with Gasteiger partial charge in [0.15, 0.2) is 0 Å². The monoisotopic (exact) mass is 324 g/mol. The molecule has 2 heterocycles. The van der Waals surface area contributed by atoms with Gasteiger partial charge in [0.2, 0.25) is 0 Å². The fourth-order valence-corrected chi connectivity index (χ4v) is 2.44. The summed E-state index contributed by atoms with van der Waals surface area (Å²) in [4.78, 5) is 28.0. The first-order chi connectivity index (χ1) is 11.6. The lowest BCUT2D eigenvalue weighted by Gasteiger charge is -2.10. The van der Waals surface area contributed by atoms with Crippen LogP contribution < -0.4 is 5.56 Å². The lowest BCUT2D eigenvalue weighted by molar-refractivity contribution is -0.137. The van der Waals surface area contributed by atoms with Crippen molar-refractivity contribution in [1.29, 1.82) is 0 Å². The van der Waals surface area contributed by atoms with Crippen LogP contribution in [0.15, 0.2) is 41.3 Å². The van der Waals surface area contributed by atoms with Gasteiger partial charge in [0.05, 0.1) is 23.0 Å². The van der Waals surface area contributed by atoms with Crippen LogP contribution in [-0.4, -0.2) is 30.4 Å². The summed E-state index contributed by atoms with van der Waals surface area (Å²) in [6.45, 7) is 0.0665. The number of hydrogen-bond acceptors (Lipinski definition) is 4. The Balaban J connectivity index is 2.11. The molecule has 1 N–H and O–H groups in total. The summed E-state index contributed by atoms with van der Waals surface area (Å²) in [7, 11) is 1.81. The first-order valence-electron chi connectivity index (χ1n) is 7.44. The van der Waals surface area contributed by atoms with Gasteiger partial charge in [-0.3, -0.25) is 18.8 Å². The minimum Gasteiger partial charge on any atom is -0.481 e. The summed E-state index contributed by atoms with van der Waals surface area (Å²) in [5.41, 5.74) is 1.19. The first kappa shape index (κ1) is 15.7. The molecule has 3 aromatic rings. The van der Waals surface area contributed by atoms with Gasteiger partial charge in [-0.2, -0.15) is 5.10 Å². The second kappa shape index (κ2) is 6.49. The van der Waals surface area contributed by atoms with Gasteiger partial charge in [0.25, 0.3) is 5.56 Å². The van der Waals surface area contributed by atoms with E-state index >= 15 is 0 Å². The van der Waals surface area contributed by atoms with Crippen molar-refractivity contribution in [2.75, 3.05) is 0 Å². The molecule has 0 bridgehead atoms. The molecule has 0 fully saturated rings. The molecule has 0 aliphatic rings. The van der Waals surface area contributed by atoms with E-state index < -0.39 is 5.97 Å². The molecule has 24 heavy (non-hydrogen) atoms. The molecule has 0 amide bonds. The number of para-hydroxylation sites is 1. The first-order valence-corrected chi connectivity index (χ1v) is 7.44. The smallest absolute Gasteiger partial charge is 0.305 e. The van der Waals surface area contributed by atoms with E-state index in [0.29, 0.717) is 16.7 Å². The molecule has 0 atom stereocenters. The quantitative estimate of drug-likeness (QED) is 0.772. The van der Waals surface area contributed by atoms with E-state index in [4.69, 9.17) is 5.11 Å². The molecule has 0 saturated carbocycles. The average Bonchev–Trinajstić information content (AvgIpc) is 2.97. The highest BCUT2D eigenvalue weighted by atomic mass is 16.4. The summed E-state index contributed by atoms with van der Waals surface area (Å²) in [5.74, 6) is -0.544. The van der Waals surface area contributed by atoms with Gasteiger partial charge in [-0.15, -0.1) is 0 Å². The summed E-state index contributed by atoms with van der Waals surface area (Å²) >= 11 is 0. The Bertz CT molecular complexity index is 985. The molecular formula is C17H16N4O3. The summed E-state index contributed by atoms with van der Waals surface area (Å²) in [6.07, 6.45) is 5.02. The number of fused-ring (bicyclic) bond motifs is 1. The van der Waals surface area contributed by atoms with Crippen molar-refractivity contribution in [3.63, 3.8) is 0 Å². The minimum absolute atomic E-state index is 0.0665. The molecule has 0 unspecified atom stereocenters. The van der Waals surface area contributed by atoms with Gasteiger partial charge < -0.3 is 5.11 Å². The van der Waals surface area contributed by atoms with Crippen molar-refractivity contribution >= 4 is 29.0 Å². The normalized spacial score (nSPS) is 11.4. The number of aryl methyl sites for hydroxylation is 1. The molecule has 7 nitrogen and oxygen atoms in total. The standard InChI is InChI=1S/C17H16N4O3/c1-20-12(8-10-18-20)6-7-15-19-14-5-3-2-4-13(14)17(24)21(15)11-9-16(22)23/h2-8,10H,9,11H2,1H3,(H,22,23)/b7-6-. The van der Waals surface area contributed by atoms with Gasteiger partial charge >= 0.3 is 5.97 Å². The van der Waals surface area contributed by atoms with Gasteiger partial charge in [-0.25, -0.2) is 4.98 Å². The number of aliphatic carboxylic acids is 1. The second-order valence-electron chi connectivity index (χ2n) is 5.30. The fourth-order valence-electron chi connectivity index (χ4n) is 2.44. The lowest BCUT2D eigenvalue weighted by Crippen LogP contribution is -2.25. The highest BCUT2D eigenvalue weighted by molar-refractivity contribution is 5.79. The third-order valence-electron chi connectivity index (χ3n) is 3.70. The maximum atomic E-state index is 12.7. The van der Waals surface area contributed by atoms with Gasteiger partial charge in [-0.1, -0.05) is 12.1 Å². The van der Waals surface area contributed by atoms with Crippen LogP contribution in [0.1, 0.15) is 17.9 Å². The molecule has 0 aliphatic carbocycles. The molecule has 0 saturated heterocycles. The van der Waals surface area contributed by atoms with Crippen molar-refractivity contribution in [3.05, 3.63) is 58.4 Å². The summed E-state index contributed by atoms with van der Waals surface area (Å²) < 4.78 is 3.08. The van der Waals surface area contributed by atoms with Gasteiger partial charge in [0, 0.05) is 19.8 Å². The number of carboxylic acids is 1. The number of rotatable bonds is 5. The highest BCUT2D eigenvalue weighted by Crippen LogP contribution is 2.11. The molecule has 2 aromatic heterocycles. The van der Waals surface area contributed by atoms with E-state index in [0.717, 1.165) is 5.69 Å². The number of carboxylic acid groups (broad SMARTS) is 1. The Hall–Kier alpha value is -3.22. The number of hydrogen-bond donors (Lipinski definition) is 1. The maximum Gasteiger partial charge on any atom is 0.305 e. The van der Waals surface area contributed by atoms with Crippen LogP contribution in [0.2, 0.25) is 0 Å². The molecular weight excluding hydrogens is 308 g/mol. The minimum atomic E-state index is -0.961. The molecule has 0 aliphatic heterocycles. The van der Waals surface area contributed by atoms with E-state index in [2.05, 4.69) is 10.1 Å². The average molecular weight is 324 g/mol. The molecule has 1 aromatic carbocycles. The van der Waals surface area contributed by atoms with Crippen molar-refractivity contribution < 1.29 is 9.90 Å². The molecule has 122 valence electrons. The number of nitrogens with zero attached hydrogens (tertiary/aromatic N) is 4. The highest BCUT2D eigenvalue weighted by Gasteiger charge is 2.10. The van der Waals surface area contributed by atoms with Crippen molar-refractivity contribution in [1.82, 2.24) is 19.3 Å². The molecule has 3 rings (SSSR count). The van der Waals surface area contributed by atoms with E-state index in [-0.39, 0.29) is 18.5 Å². The predicted octanol–water partition coefficient (Wildman–Crippen LogP) is 1.78. The molecule has 0 radical (unpaired) electrons. The molecule has 0 spiro atoms. The largest absolute Gasteiger partial charge is 0.481 e. The Kier molecular flexibility index (Phi) is 4.24. The van der Waals surface area contributed by atoms with E-state index in [1.807, 2.05) is 19.2 Å². The zero-order valence-corrected chi connectivity index (χ0v) is 13.1. The van der Waals surface area contributed by atoms with Crippen LogP contribution >= 0.6 is 0 Å². The van der Waals surface area contributed by atoms with Crippen LogP contribution in [0, 0.1) is 0 Å². The second-order valence-corrected chi connectivity index (χ2v) is 5.30. The predicted molar refractivity (Wildman–Crippen MR) is 90.4 cm³/mol. The third-order valence-corrected chi connectivity index (χ3v) is 3.70. The number of aromatic nitrogens is 4. The Morgan fingerprint density at radius 2 is 2.04 bits per heavy atom. The van der Waals surface area contributed by atoms with E-state index in [9.17, 15) is 9.59 Å². The lowest BCUT2D eigenvalue weighted by atomic mass is 10.2. The topological polar surface area (TPSA) is 90.0 Å². The zero-order valence-electron chi connectivity index (χ0n) is 13.1. The maximum absolute atomic E-state index is 12.7. The van der Waals surface area contributed by atoms with Crippen LogP contribution in [0.25, 0.3) is 23.1 Å². The summed E-state index contributed by atoms with van der Waals surface area (Å²) in [5, 5.41) is 13.5. The number of carbonyl (C=O) groups is 1. The number of benzene rings is 1. The van der Waals surface area contributed by atoms with Crippen LogP contribution in [0.3, 0.4) is 0 Å². The zero-order chi connectivity index (χ0) is 17.1. The summed E-state index contributed by atoms with van der Waals surface area (Å²) in [6, 6.07) is 8.86.